The lowest BCUT2D eigenvalue weighted by Gasteiger charge is -2.20. The first-order valence-corrected chi connectivity index (χ1v) is 8.79. The topological polar surface area (TPSA) is 52.7 Å². The van der Waals surface area contributed by atoms with E-state index in [1.54, 1.807) is 16.4 Å². The summed E-state index contributed by atoms with van der Waals surface area (Å²) < 4.78 is 26.8. The van der Waals surface area contributed by atoms with Gasteiger partial charge in [-0.25, -0.2) is 8.42 Å². The first-order chi connectivity index (χ1) is 9.95. The van der Waals surface area contributed by atoms with Gasteiger partial charge in [-0.3, -0.25) is 0 Å². The molecule has 118 valence electrons. The molecule has 21 heavy (non-hydrogen) atoms. The van der Waals surface area contributed by atoms with Crippen LogP contribution in [0, 0.1) is 0 Å². The minimum Gasteiger partial charge on any atom is -0.319 e. The van der Waals surface area contributed by atoms with Crippen molar-refractivity contribution in [3.63, 3.8) is 0 Å². The maximum absolute atomic E-state index is 12.6. The second-order valence-corrected chi connectivity index (χ2v) is 7.70. The lowest BCUT2D eigenvalue weighted by Crippen LogP contribution is -2.34. The van der Waals surface area contributed by atoms with Gasteiger partial charge in [0, 0.05) is 19.1 Å². The van der Waals surface area contributed by atoms with E-state index in [2.05, 4.69) is 10.2 Å². The second kappa shape index (κ2) is 6.87. The van der Waals surface area contributed by atoms with Gasteiger partial charge >= 0.3 is 0 Å². The summed E-state index contributed by atoms with van der Waals surface area (Å²) >= 11 is 0. The molecule has 0 bridgehead atoms. The van der Waals surface area contributed by atoms with Gasteiger partial charge in [-0.05, 0) is 58.2 Å². The maximum Gasteiger partial charge on any atom is 0.243 e. The van der Waals surface area contributed by atoms with Crippen molar-refractivity contribution in [2.45, 2.75) is 23.8 Å². The number of benzene rings is 1. The van der Waals surface area contributed by atoms with Gasteiger partial charge in [0.2, 0.25) is 10.0 Å². The summed E-state index contributed by atoms with van der Waals surface area (Å²) in [6.45, 7) is 2.08. The Kier molecular flexibility index (Phi) is 5.37. The highest BCUT2D eigenvalue weighted by Gasteiger charge is 2.33. The Hall–Kier alpha value is -0.950. The molecule has 0 aliphatic carbocycles. The lowest BCUT2D eigenvalue weighted by molar-refractivity contribution is 0.302. The van der Waals surface area contributed by atoms with Crippen LogP contribution in [0.2, 0.25) is 0 Å². The van der Waals surface area contributed by atoms with Crippen LogP contribution < -0.4 is 5.32 Å². The zero-order valence-electron chi connectivity index (χ0n) is 13.0. The number of nitrogens with zero attached hydrogens (tertiary/aromatic N) is 2. The third-order valence-electron chi connectivity index (χ3n) is 4.08. The molecule has 0 spiro atoms. The Morgan fingerprint density at radius 1 is 1.29 bits per heavy atom. The Morgan fingerprint density at radius 3 is 2.48 bits per heavy atom. The fraction of sp³-hybridized carbons (Fsp3) is 0.600. The van der Waals surface area contributed by atoms with Crippen LogP contribution in [0.4, 0.5) is 0 Å². The molecule has 1 aliphatic heterocycles. The monoisotopic (exact) mass is 311 g/mol. The number of rotatable bonds is 6. The molecule has 6 heteroatoms. The van der Waals surface area contributed by atoms with E-state index in [0.717, 1.165) is 24.9 Å². The Morgan fingerprint density at radius 2 is 1.95 bits per heavy atom. The molecule has 1 unspecified atom stereocenters. The van der Waals surface area contributed by atoms with Crippen LogP contribution in [0.15, 0.2) is 29.2 Å². The van der Waals surface area contributed by atoms with Crippen LogP contribution in [0.25, 0.3) is 0 Å². The van der Waals surface area contributed by atoms with Crippen LogP contribution in [0.5, 0.6) is 0 Å². The van der Waals surface area contributed by atoms with E-state index < -0.39 is 10.0 Å². The molecule has 1 saturated heterocycles. The molecule has 1 N–H and O–H groups in total. The van der Waals surface area contributed by atoms with Crippen molar-refractivity contribution in [1.82, 2.24) is 14.5 Å². The number of likely N-dealkylation sites (N-methyl/N-ethyl adjacent to an activating group) is 2. The van der Waals surface area contributed by atoms with Crippen molar-refractivity contribution >= 4 is 10.0 Å². The van der Waals surface area contributed by atoms with Crippen LogP contribution in [0.3, 0.4) is 0 Å². The van der Waals surface area contributed by atoms with E-state index in [-0.39, 0.29) is 0 Å². The van der Waals surface area contributed by atoms with Gasteiger partial charge in [-0.15, -0.1) is 0 Å². The zero-order chi connectivity index (χ0) is 15.5. The van der Waals surface area contributed by atoms with Crippen molar-refractivity contribution in [2.24, 2.45) is 0 Å². The van der Waals surface area contributed by atoms with Crippen molar-refractivity contribution in [1.29, 1.82) is 0 Å². The highest BCUT2D eigenvalue weighted by Crippen LogP contribution is 2.23. The largest absolute Gasteiger partial charge is 0.319 e. The molecule has 1 fully saturated rings. The van der Waals surface area contributed by atoms with E-state index in [9.17, 15) is 8.42 Å². The lowest BCUT2D eigenvalue weighted by atomic mass is 10.1. The molecule has 1 heterocycles. The van der Waals surface area contributed by atoms with E-state index in [4.69, 9.17) is 0 Å². The van der Waals surface area contributed by atoms with Crippen LogP contribution in [-0.2, 0) is 16.4 Å². The van der Waals surface area contributed by atoms with Crippen molar-refractivity contribution in [2.75, 3.05) is 40.8 Å². The molecular formula is C15H25N3O2S. The Bertz CT molecular complexity index is 555. The summed E-state index contributed by atoms with van der Waals surface area (Å²) in [5.74, 6) is 0. The normalized spacial score (nSPS) is 20.3. The number of hydrogen-bond donors (Lipinski definition) is 1. The fourth-order valence-electron chi connectivity index (χ4n) is 2.60. The number of hydrogen-bond acceptors (Lipinski definition) is 4. The summed E-state index contributed by atoms with van der Waals surface area (Å²) in [6, 6.07) is 7.58. The summed E-state index contributed by atoms with van der Waals surface area (Å²) in [4.78, 5) is 2.49. The second-order valence-electron chi connectivity index (χ2n) is 5.77. The Balaban J connectivity index is 2.09. The van der Waals surface area contributed by atoms with Gasteiger partial charge in [-0.2, -0.15) is 4.31 Å². The van der Waals surface area contributed by atoms with E-state index >= 15 is 0 Å². The first-order valence-electron chi connectivity index (χ1n) is 7.35. The first kappa shape index (κ1) is 16.4. The van der Waals surface area contributed by atoms with Gasteiger partial charge in [0.05, 0.1) is 4.90 Å². The summed E-state index contributed by atoms with van der Waals surface area (Å²) in [6.07, 6.45) is 1.80. The fourth-order valence-corrected chi connectivity index (χ4v) is 4.09. The zero-order valence-corrected chi connectivity index (χ0v) is 13.9. The van der Waals surface area contributed by atoms with Crippen LogP contribution in [-0.4, -0.2) is 64.4 Å². The summed E-state index contributed by atoms with van der Waals surface area (Å²) in [7, 11) is 2.55. The molecular weight excluding hydrogens is 286 g/mol. The highest BCUT2D eigenvalue weighted by molar-refractivity contribution is 7.89. The molecule has 0 aromatic heterocycles. The molecule has 2 rings (SSSR count). The minimum atomic E-state index is -3.35. The summed E-state index contributed by atoms with van der Waals surface area (Å²) in [5, 5.41) is 3.09. The smallest absolute Gasteiger partial charge is 0.243 e. The maximum atomic E-state index is 12.6. The van der Waals surface area contributed by atoms with Gasteiger partial charge in [-0.1, -0.05) is 12.1 Å². The molecule has 1 aromatic rings. The van der Waals surface area contributed by atoms with Gasteiger partial charge in [0.1, 0.15) is 0 Å². The average Bonchev–Trinajstić information content (AvgIpc) is 2.96. The number of nitrogens with one attached hydrogen (secondary N) is 1. The van der Waals surface area contributed by atoms with E-state index in [1.807, 2.05) is 33.3 Å². The van der Waals surface area contributed by atoms with Gasteiger partial charge in [0.15, 0.2) is 0 Å². The predicted octanol–water partition coefficient (Wildman–Crippen LogP) is 0.773. The van der Waals surface area contributed by atoms with Crippen molar-refractivity contribution in [3.05, 3.63) is 29.8 Å². The highest BCUT2D eigenvalue weighted by atomic mass is 32.2. The van der Waals surface area contributed by atoms with E-state index in [0.29, 0.717) is 24.0 Å². The molecule has 1 aliphatic rings. The minimum absolute atomic E-state index is 0.315. The molecule has 0 saturated carbocycles. The third-order valence-corrected chi connectivity index (χ3v) is 5.96. The standard InChI is InChI=1S/C15H25N3O2S/c1-16-10-8-13-4-6-15(7-5-13)21(19,20)18-11-9-14(12-18)17(2)3/h4-7,14,16H,8-12H2,1-3H3. The van der Waals surface area contributed by atoms with Gasteiger partial charge in [0.25, 0.3) is 0 Å². The average molecular weight is 311 g/mol. The van der Waals surface area contributed by atoms with Gasteiger partial charge < -0.3 is 10.2 Å². The Labute approximate surface area is 128 Å². The molecule has 1 aromatic carbocycles. The van der Waals surface area contributed by atoms with Crippen LogP contribution in [0.1, 0.15) is 12.0 Å². The molecule has 0 amide bonds. The predicted molar refractivity (Wildman–Crippen MR) is 84.9 cm³/mol. The quantitative estimate of drug-likeness (QED) is 0.843. The SMILES string of the molecule is CNCCc1ccc(S(=O)(=O)N2CCC(N(C)C)C2)cc1. The summed E-state index contributed by atoms with van der Waals surface area (Å²) in [5.41, 5.74) is 1.15. The molecule has 0 radical (unpaired) electrons. The third kappa shape index (κ3) is 3.83. The van der Waals surface area contributed by atoms with Crippen molar-refractivity contribution in [3.8, 4) is 0 Å². The molecule has 1 atom stereocenters. The van der Waals surface area contributed by atoms with Crippen molar-refractivity contribution < 1.29 is 8.42 Å². The number of sulfonamides is 1. The van der Waals surface area contributed by atoms with Crippen LogP contribution >= 0.6 is 0 Å². The molecule has 5 nitrogen and oxygen atoms in total. The van der Waals surface area contributed by atoms with E-state index in [1.165, 1.54) is 0 Å².